The van der Waals surface area contributed by atoms with Crippen LogP contribution in [0.2, 0.25) is 0 Å². The average Bonchev–Trinajstić information content (AvgIpc) is 2.61. The molecule has 3 amide bonds. The molecule has 26 heavy (non-hydrogen) atoms. The molecule has 0 unspecified atom stereocenters. The van der Waals surface area contributed by atoms with Crippen molar-refractivity contribution in [1.29, 1.82) is 0 Å². The zero-order valence-electron chi connectivity index (χ0n) is 14.9. The lowest BCUT2D eigenvalue weighted by Crippen LogP contribution is -2.46. The van der Waals surface area contributed by atoms with E-state index in [4.69, 9.17) is 4.74 Å². The molecule has 3 N–H and O–H groups in total. The van der Waals surface area contributed by atoms with E-state index < -0.39 is 6.04 Å². The summed E-state index contributed by atoms with van der Waals surface area (Å²) in [6.07, 6.45) is 0. The average molecular weight is 351 g/mol. The third-order valence-electron chi connectivity index (χ3n) is 4.24. The summed E-state index contributed by atoms with van der Waals surface area (Å²) in [5, 5.41) is 8.39. The van der Waals surface area contributed by atoms with Crippen LogP contribution < -0.4 is 20.7 Å². The van der Waals surface area contributed by atoms with Crippen LogP contribution in [0, 0.1) is 6.92 Å². The number of aryl methyl sites for hydroxylation is 1. The van der Waals surface area contributed by atoms with E-state index in [1.54, 1.807) is 26.2 Å². The Hall–Kier alpha value is -3.28. The first kappa shape index (κ1) is 17.5. The molecule has 3 rings (SSSR count). The third kappa shape index (κ3) is 3.54. The lowest BCUT2D eigenvalue weighted by Gasteiger charge is -2.29. The van der Waals surface area contributed by atoms with Crippen LogP contribution in [0.25, 0.3) is 0 Å². The fraction of sp³-hybridized carbons (Fsp3) is 0.200. The zero-order chi connectivity index (χ0) is 18.7. The molecule has 2 aromatic carbocycles. The van der Waals surface area contributed by atoms with Gasteiger partial charge in [-0.15, -0.1) is 0 Å². The Morgan fingerprint density at radius 3 is 2.62 bits per heavy atom. The molecule has 134 valence electrons. The Morgan fingerprint density at radius 2 is 1.88 bits per heavy atom. The summed E-state index contributed by atoms with van der Waals surface area (Å²) in [5.74, 6) is 0.269. The van der Waals surface area contributed by atoms with Gasteiger partial charge in [0.05, 0.1) is 24.4 Å². The Kier molecular flexibility index (Phi) is 4.93. The number of para-hydroxylation sites is 2. The van der Waals surface area contributed by atoms with Crippen molar-refractivity contribution in [3.05, 3.63) is 70.9 Å². The van der Waals surface area contributed by atoms with Crippen LogP contribution in [0.5, 0.6) is 5.75 Å². The maximum Gasteiger partial charge on any atom is 0.319 e. The molecule has 0 aliphatic carbocycles. The van der Waals surface area contributed by atoms with Gasteiger partial charge in [-0.25, -0.2) is 4.79 Å². The topological polar surface area (TPSA) is 79.5 Å². The van der Waals surface area contributed by atoms with Crippen molar-refractivity contribution in [1.82, 2.24) is 10.6 Å². The number of allylic oxidation sites excluding steroid dienone is 1. The van der Waals surface area contributed by atoms with Gasteiger partial charge in [0.15, 0.2) is 0 Å². The number of carbonyl (C=O) groups is 2. The van der Waals surface area contributed by atoms with Crippen LogP contribution in [0.15, 0.2) is 59.8 Å². The Morgan fingerprint density at radius 1 is 1.12 bits per heavy atom. The lowest BCUT2D eigenvalue weighted by atomic mass is 9.94. The van der Waals surface area contributed by atoms with Gasteiger partial charge in [-0.05, 0) is 31.5 Å². The smallest absolute Gasteiger partial charge is 0.319 e. The first-order chi connectivity index (χ1) is 12.5. The van der Waals surface area contributed by atoms with Crippen LogP contribution >= 0.6 is 0 Å². The molecule has 0 saturated carbocycles. The van der Waals surface area contributed by atoms with E-state index in [0.29, 0.717) is 22.7 Å². The third-order valence-corrected chi connectivity index (χ3v) is 4.24. The number of methoxy groups -OCH3 is 1. The molecule has 1 heterocycles. The van der Waals surface area contributed by atoms with Gasteiger partial charge in [-0.2, -0.15) is 0 Å². The molecule has 0 fully saturated rings. The number of hydrogen-bond donors (Lipinski definition) is 3. The second kappa shape index (κ2) is 7.31. The van der Waals surface area contributed by atoms with Gasteiger partial charge in [-0.1, -0.05) is 42.0 Å². The number of nitrogens with one attached hydrogen (secondary N) is 3. The second-order valence-corrected chi connectivity index (χ2v) is 6.14. The highest BCUT2D eigenvalue weighted by Crippen LogP contribution is 2.30. The van der Waals surface area contributed by atoms with E-state index in [9.17, 15) is 9.59 Å². The molecule has 0 spiro atoms. The molecule has 2 aromatic rings. The van der Waals surface area contributed by atoms with E-state index >= 15 is 0 Å². The van der Waals surface area contributed by atoms with E-state index in [2.05, 4.69) is 16.0 Å². The van der Waals surface area contributed by atoms with Gasteiger partial charge in [0, 0.05) is 5.70 Å². The molecule has 0 bridgehead atoms. The van der Waals surface area contributed by atoms with E-state index in [-0.39, 0.29) is 11.9 Å². The lowest BCUT2D eigenvalue weighted by molar-refractivity contribution is -0.113. The Balaban J connectivity index is 1.97. The molecule has 6 heteroatoms. The molecule has 6 nitrogen and oxygen atoms in total. The van der Waals surface area contributed by atoms with Crippen LogP contribution in [-0.2, 0) is 4.79 Å². The van der Waals surface area contributed by atoms with Crippen molar-refractivity contribution in [2.24, 2.45) is 0 Å². The quantitative estimate of drug-likeness (QED) is 0.791. The zero-order valence-corrected chi connectivity index (χ0v) is 14.9. The minimum Gasteiger partial charge on any atom is -0.495 e. The molecule has 0 aromatic heterocycles. The van der Waals surface area contributed by atoms with E-state index in [1.807, 2.05) is 43.3 Å². The maximum absolute atomic E-state index is 13.0. The number of amides is 3. The van der Waals surface area contributed by atoms with Gasteiger partial charge in [0.25, 0.3) is 5.91 Å². The SMILES string of the molecule is COc1ccccc1NC(=O)C1=C(C)NC(=O)N[C@@H]1c1cccc(C)c1. The molecular weight excluding hydrogens is 330 g/mol. The van der Waals surface area contributed by atoms with Gasteiger partial charge in [0.2, 0.25) is 0 Å². The monoisotopic (exact) mass is 351 g/mol. The summed E-state index contributed by atoms with van der Waals surface area (Å²) >= 11 is 0. The molecule has 1 atom stereocenters. The van der Waals surface area contributed by atoms with Crippen molar-refractivity contribution in [2.45, 2.75) is 19.9 Å². The van der Waals surface area contributed by atoms with E-state index in [0.717, 1.165) is 11.1 Å². The summed E-state index contributed by atoms with van der Waals surface area (Å²) in [4.78, 5) is 25.0. The molecule has 1 aliphatic rings. The largest absolute Gasteiger partial charge is 0.495 e. The first-order valence-corrected chi connectivity index (χ1v) is 8.29. The maximum atomic E-state index is 13.0. The number of urea groups is 1. The summed E-state index contributed by atoms with van der Waals surface area (Å²) < 4.78 is 5.29. The summed E-state index contributed by atoms with van der Waals surface area (Å²) in [6.45, 7) is 3.69. The van der Waals surface area contributed by atoms with Crippen molar-refractivity contribution in [3.63, 3.8) is 0 Å². The fourth-order valence-corrected chi connectivity index (χ4v) is 3.03. The predicted octanol–water partition coefficient (Wildman–Crippen LogP) is 3.27. The van der Waals surface area contributed by atoms with Gasteiger partial charge < -0.3 is 20.7 Å². The standard InChI is InChI=1S/C20H21N3O3/c1-12-7-6-8-14(11-12)18-17(13(2)21-20(25)23-18)19(24)22-15-9-4-5-10-16(15)26-3/h4-11,18H,1-3H3,(H,22,24)(H2,21,23,25)/t18-/m1/s1. The summed E-state index contributed by atoms with van der Waals surface area (Å²) in [6, 6.07) is 14.1. The molecule has 0 radical (unpaired) electrons. The van der Waals surface area contributed by atoms with Crippen molar-refractivity contribution < 1.29 is 14.3 Å². The highest BCUT2D eigenvalue weighted by Gasteiger charge is 2.31. The second-order valence-electron chi connectivity index (χ2n) is 6.14. The van der Waals surface area contributed by atoms with Crippen LogP contribution in [0.3, 0.4) is 0 Å². The number of carbonyl (C=O) groups excluding carboxylic acids is 2. The molecule has 0 saturated heterocycles. The first-order valence-electron chi connectivity index (χ1n) is 8.29. The van der Waals surface area contributed by atoms with Gasteiger partial charge in [-0.3, -0.25) is 4.79 Å². The minimum atomic E-state index is -0.529. The summed E-state index contributed by atoms with van der Waals surface area (Å²) in [5.41, 5.74) is 3.45. The Bertz CT molecular complexity index is 889. The highest BCUT2D eigenvalue weighted by atomic mass is 16.5. The van der Waals surface area contributed by atoms with Gasteiger partial charge >= 0.3 is 6.03 Å². The Labute approximate surface area is 152 Å². The molecular formula is C20H21N3O3. The number of ether oxygens (including phenoxy) is 1. The van der Waals surface area contributed by atoms with Crippen molar-refractivity contribution in [3.8, 4) is 5.75 Å². The normalized spacial score (nSPS) is 16.6. The van der Waals surface area contributed by atoms with Crippen LogP contribution in [0.4, 0.5) is 10.5 Å². The highest BCUT2D eigenvalue weighted by molar-refractivity contribution is 6.07. The minimum absolute atomic E-state index is 0.300. The number of benzene rings is 2. The summed E-state index contributed by atoms with van der Waals surface area (Å²) in [7, 11) is 1.55. The van der Waals surface area contributed by atoms with E-state index in [1.165, 1.54) is 0 Å². The van der Waals surface area contributed by atoms with Gasteiger partial charge in [0.1, 0.15) is 5.75 Å². The van der Waals surface area contributed by atoms with Crippen molar-refractivity contribution >= 4 is 17.6 Å². The predicted molar refractivity (Wildman–Crippen MR) is 99.9 cm³/mol. The number of rotatable bonds is 4. The number of hydrogen-bond acceptors (Lipinski definition) is 3. The van der Waals surface area contributed by atoms with Crippen LogP contribution in [0.1, 0.15) is 24.1 Å². The number of anilines is 1. The fourth-order valence-electron chi connectivity index (χ4n) is 3.03. The van der Waals surface area contributed by atoms with Crippen LogP contribution in [-0.4, -0.2) is 19.0 Å². The van der Waals surface area contributed by atoms with Crippen molar-refractivity contribution in [2.75, 3.05) is 12.4 Å². The molecule has 1 aliphatic heterocycles.